The molecule has 2 aromatic carbocycles. The Morgan fingerprint density at radius 2 is 1.91 bits per heavy atom. The van der Waals surface area contributed by atoms with Gasteiger partial charge in [0.1, 0.15) is 5.54 Å². The number of ether oxygens (including phenoxy) is 1. The molecule has 0 bridgehead atoms. The topological polar surface area (TPSA) is 91.8 Å². The van der Waals surface area contributed by atoms with Crippen LogP contribution in [-0.2, 0) is 21.5 Å². The highest BCUT2D eigenvalue weighted by Crippen LogP contribution is 2.62. The average Bonchev–Trinajstić information content (AvgIpc) is 3.05. The number of rotatable bonds is 3. The standard InChI is InChI=1S/C26H30N4O2/c1-30-23(31)15-26(29-24(30)28)22-13-19(18-5-3-4-17(12-18)16-27)6-7-20(22)14-25(26)10-8-21(32-2)9-11-25/h3-7,12-13,16,21,27H,8-11,14-15H2,1-2H3,(H2,28,29). The molecule has 32 heavy (non-hydrogen) atoms. The van der Waals surface area contributed by atoms with Gasteiger partial charge < -0.3 is 15.9 Å². The summed E-state index contributed by atoms with van der Waals surface area (Å²) in [7, 11) is 3.49. The first kappa shape index (κ1) is 20.9. The molecule has 5 rings (SSSR count). The van der Waals surface area contributed by atoms with Gasteiger partial charge >= 0.3 is 0 Å². The summed E-state index contributed by atoms with van der Waals surface area (Å²) >= 11 is 0. The van der Waals surface area contributed by atoms with Crippen LogP contribution in [0.4, 0.5) is 0 Å². The number of methoxy groups -OCH3 is 1. The fourth-order valence-corrected chi connectivity index (χ4v) is 6.11. The van der Waals surface area contributed by atoms with Gasteiger partial charge in [-0.1, -0.05) is 30.3 Å². The molecule has 2 spiro atoms. The lowest BCUT2D eigenvalue weighted by atomic mass is 9.60. The van der Waals surface area contributed by atoms with E-state index < -0.39 is 5.54 Å². The minimum atomic E-state index is -0.635. The van der Waals surface area contributed by atoms with E-state index in [0.29, 0.717) is 12.4 Å². The smallest absolute Gasteiger partial charge is 0.231 e. The van der Waals surface area contributed by atoms with Crippen molar-refractivity contribution < 1.29 is 9.53 Å². The SMILES string of the molecule is COC1CCC2(CC1)Cc1ccc(-c3cccc(C=N)c3)cc1C21CC(=O)N(C)C(N)=N1. The summed E-state index contributed by atoms with van der Waals surface area (Å²) in [5, 5.41) is 7.60. The third kappa shape index (κ3) is 3.00. The lowest BCUT2D eigenvalue weighted by molar-refractivity contribution is -0.131. The van der Waals surface area contributed by atoms with Crippen LogP contribution in [0.1, 0.15) is 48.8 Å². The minimum Gasteiger partial charge on any atom is -0.381 e. The van der Waals surface area contributed by atoms with Crippen molar-refractivity contribution in [3.63, 3.8) is 0 Å². The van der Waals surface area contributed by atoms with Gasteiger partial charge in [-0.15, -0.1) is 0 Å². The Bertz CT molecular complexity index is 1120. The van der Waals surface area contributed by atoms with Crippen LogP contribution in [0, 0.1) is 10.8 Å². The quantitative estimate of drug-likeness (QED) is 0.725. The number of carbonyl (C=O) groups excluding carboxylic acids is 1. The van der Waals surface area contributed by atoms with Gasteiger partial charge in [0.15, 0.2) is 5.96 Å². The second-order valence-electron chi connectivity index (χ2n) is 9.49. The zero-order chi connectivity index (χ0) is 22.5. The van der Waals surface area contributed by atoms with Crippen LogP contribution in [0.25, 0.3) is 11.1 Å². The summed E-state index contributed by atoms with van der Waals surface area (Å²) in [6.45, 7) is 0. The summed E-state index contributed by atoms with van der Waals surface area (Å²) in [5.74, 6) is 0.327. The summed E-state index contributed by atoms with van der Waals surface area (Å²) in [4.78, 5) is 19.7. The van der Waals surface area contributed by atoms with Crippen LogP contribution in [0.15, 0.2) is 47.5 Å². The highest BCUT2D eigenvalue weighted by molar-refractivity contribution is 5.99. The van der Waals surface area contributed by atoms with Crippen molar-refractivity contribution in [2.75, 3.05) is 14.2 Å². The zero-order valence-corrected chi connectivity index (χ0v) is 18.7. The van der Waals surface area contributed by atoms with Crippen molar-refractivity contribution >= 4 is 18.1 Å². The van der Waals surface area contributed by atoms with Crippen molar-refractivity contribution in [3.8, 4) is 11.1 Å². The molecule has 166 valence electrons. The Morgan fingerprint density at radius 1 is 1.16 bits per heavy atom. The van der Waals surface area contributed by atoms with E-state index in [1.54, 1.807) is 14.2 Å². The van der Waals surface area contributed by atoms with Crippen molar-refractivity contribution in [3.05, 3.63) is 59.2 Å². The average molecular weight is 431 g/mol. The molecule has 2 aliphatic carbocycles. The predicted octanol–water partition coefficient (Wildman–Crippen LogP) is 3.85. The fourth-order valence-electron chi connectivity index (χ4n) is 6.11. The number of aliphatic imine (C=N–C) groups is 1. The molecule has 3 aliphatic rings. The molecule has 2 aromatic rings. The number of hydrogen-bond acceptors (Lipinski definition) is 5. The Balaban J connectivity index is 1.67. The fraction of sp³-hybridized carbons (Fsp3) is 0.423. The Labute approximate surface area is 189 Å². The molecule has 1 unspecified atom stereocenters. The van der Waals surface area contributed by atoms with E-state index in [9.17, 15) is 4.79 Å². The number of nitrogens with zero attached hydrogens (tertiary/aromatic N) is 2. The minimum absolute atomic E-state index is 0.0230. The maximum Gasteiger partial charge on any atom is 0.231 e. The van der Waals surface area contributed by atoms with Gasteiger partial charge in [-0.3, -0.25) is 9.69 Å². The number of amides is 1. The predicted molar refractivity (Wildman–Crippen MR) is 126 cm³/mol. The lowest BCUT2D eigenvalue weighted by Crippen LogP contribution is -2.54. The molecule has 0 saturated heterocycles. The van der Waals surface area contributed by atoms with E-state index in [4.69, 9.17) is 20.9 Å². The molecule has 0 aromatic heterocycles. The van der Waals surface area contributed by atoms with Crippen molar-refractivity contribution in [1.29, 1.82) is 5.41 Å². The molecule has 6 nitrogen and oxygen atoms in total. The second kappa shape index (κ2) is 7.55. The maximum atomic E-state index is 13.1. The van der Waals surface area contributed by atoms with Crippen LogP contribution in [0.5, 0.6) is 0 Å². The van der Waals surface area contributed by atoms with Gasteiger partial charge in [0.2, 0.25) is 5.91 Å². The lowest BCUT2D eigenvalue weighted by Gasteiger charge is -2.49. The highest BCUT2D eigenvalue weighted by Gasteiger charge is 2.61. The van der Waals surface area contributed by atoms with E-state index in [-0.39, 0.29) is 17.4 Å². The summed E-state index contributed by atoms with van der Waals surface area (Å²) in [6, 6.07) is 14.6. The number of nitrogens with two attached hydrogens (primary N) is 1. The third-order valence-electron chi connectivity index (χ3n) is 8.00. The van der Waals surface area contributed by atoms with Gasteiger partial charge in [-0.05, 0) is 72.1 Å². The van der Waals surface area contributed by atoms with Gasteiger partial charge in [-0.25, -0.2) is 4.99 Å². The summed E-state index contributed by atoms with van der Waals surface area (Å²) in [5.41, 5.74) is 11.0. The second-order valence-corrected chi connectivity index (χ2v) is 9.49. The summed E-state index contributed by atoms with van der Waals surface area (Å²) < 4.78 is 5.65. The van der Waals surface area contributed by atoms with Crippen LogP contribution in [0.3, 0.4) is 0 Å². The number of fused-ring (bicyclic) bond motifs is 3. The highest BCUT2D eigenvalue weighted by atomic mass is 16.5. The third-order valence-corrected chi connectivity index (χ3v) is 8.00. The van der Waals surface area contributed by atoms with E-state index in [1.165, 1.54) is 16.7 Å². The number of nitrogens with one attached hydrogen (secondary N) is 1. The Kier molecular flexibility index (Phi) is 4.93. The first-order chi connectivity index (χ1) is 15.4. The Hall–Kier alpha value is -2.99. The molecule has 1 fully saturated rings. The molecule has 0 radical (unpaired) electrons. The van der Waals surface area contributed by atoms with Crippen LogP contribution in [-0.4, -0.2) is 43.2 Å². The zero-order valence-electron chi connectivity index (χ0n) is 18.7. The number of carbonyl (C=O) groups is 1. The normalized spacial score (nSPS) is 29.3. The van der Waals surface area contributed by atoms with Gasteiger partial charge in [-0.2, -0.15) is 0 Å². The van der Waals surface area contributed by atoms with Crippen LogP contribution >= 0.6 is 0 Å². The summed E-state index contributed by atoms with van der Waals surface area (Å²) in [6.07, 6.45) is 6.76. The molecule has 1 saturated carbocycles. The number of guanidine groups is 1. The molecular weight excluding hydrogens is 400 g/mol. The van der Waals surface area contributed by atoms with Crippen LogP contribution in [0.2, 0.25) is 0 Å². The van der Waals surface area contributed by atoms with E-state index in [2.05, 4.69) is 24.3 Å². The molecule has 1 aliphatic heterocycles. The first-order valence-electron chi connectivity index (χ1n) is 11.3. The van der Waals surface area contributed by atoms with Crippen molar-refractivity contribution in [2.24, 2.45) is 16.1 Å². The van der Waals surface area contributed by atoms with E-state index >= 15 is 0 Å². The van der Waals surface area contributed by atoms with Crippen molar-refractivity contribution in [1.82, 2.24) is 4.90 Å². The molecular formula is C26H30N4O2. The van der Waals surface area contributed by atoms with Gasteiger partial charge in [0.05, 0.1) is 12.5 Å². The molecule has 6 heteroatoms. The number of hydrogen-bond donors (Lipinski definition) is 2. The number of benzene rings is 2. The Morgan fingerprint density at radius 3 is 2.59 bits per heavy atom. The van der Waals surface area contributed by atoms with Gasteiger partial charge in [0, 0.05) is 25.8 Å². The van der Waals surface area contributed by atoms with E-state index in [1.807, 2.05) is 18.2 Å². The van der Waals surface area contributed by atoms with Crippen molar-refractivity contribution in [2.45, 2.75) is 50.2 Å². The molecule has 3 N–H and O–H groups in total. The van der Waals surface area contributed by atoms with Crippen LogP contribution < -0.4 is 5.73 Å². The maximum absolute atomic E-state index is 13.1. The van der Waals surface area contributed by atoms with E-state index in [0.717, 1.165) is 54.4 Å². The molecule has 1 amide bonds. The monoisotopic (exact) mass is 430 g/mol. The molecule has 1 heterocycles. The molecule has 1 atom stereocenters. The van der Waals surface area contributed by atoms with Gasteiger partial charge in [0.25, 0.3) is 0 Å². The first-order valence-corrected chi connectivity index (χ1v) is 11.3. The largest absolute Gasteiger partial charge is 0.381 e.